The topological polar surface area (TPSA) is 45.2 Å². The van der Waals surface area contributed by atoms with Crippen LogP contribution >= 0.6 is 0 Å². The number of aromatic nitrogens is 1. The van der Waals surface area contributed by atoms with Crippen LogP contribution in [0, 0.1) is 11.8 Å². The van der Waals surface area contributed by atoms with Gasteiger partial charge in [0, 0.05) is 42.2 Å². The number of hydrogen-bond donors (Lipinski definition) is 1. The van der Waals surface area contributed by atoms with Gasteiger partial charge in [0.15, 0.2) is 0 Å². The fourth-order valence-electron chi connectivity index (χ4n) is 3.84. The molecule has 4 nitrogen and oxygen atoms in total. The van der Waals surface area contributed by atoms with Gasteiger partial charge >= 0.3 is 6.18 Å². The third-order valence-electron chi connectivity index (χ3n) is 5.41. The Morgan fingerprint density at radius 3 is 2.56 bits per heavy atom. The lowest BCUT2D eigenvalue weighted by molar-refractivity contribution is -0.170. The van der Waals surface area contributed by atoms with E-state index in [0.29, 0.717) is 17.0 Å². The van der Waals surface area contributed by atoms with Crippen molar-refractivity contribution in [2.24, 2.45) is 11.8 Å². The molecule has 27 heavy (non-hydrogen) atoms. The number of pyridine rings is 1. The Kier molecular flexibility index (Phi) is 5.58. The summed E-state index contributed by atoms with van der Waals surface area (Å²) < 4.78 is 40.4. The molecule has 0 saturated carbocycles. The second-order valence-corrected chi connectivity index (χ2v) is 7.24. The lowest BCUT2D eigenvalue weighted by Gasteiger charge is -2.41. The minimum absolute atomic E-state index is 0.223. The molecule has 1 aliphatic carbocycles. The highest BCUT2D eigenvalue weighted by Gasteiger charge is 2.45. The van der Waals surface area contributed by atoms with E-state index in [1.54, 1.807) is 12.1 Å². The van der Waals surface area contributed by atoms with Gasteiger partial charge in [0.2, 0.25) is 0 Å². The highest BCUT2D eigenvalue weighted by molar-refractivity contribution is 5.95. The molecule has 0 bridgehead atoms. The van der Waals surface area contributed by atoms with E-state index in [4.69, 9.17) is 0 Å². The molecule has 146 valence electrons. The largest absolute Gasteiger partial charge is 0.395 e. The molecule has 1 aromatic heterocycles. The molecule has 2 heterocycles. The van der Waals surface area contributed by atoms with Gasteiger partial charge in [-0.3, -0.25) is 9.78 Å². The number of amides is 1. The van der Waals surface area contributed by atoms with Gasteiger partial charge in [-0.25, -0.2) is 0 Å². The average Bonchev–Trinajstić information content (AvgIpc) is 2.63. The molecule has 1 N–H and O–H groups in total. The minimum Gasteiger partial charge on any atom is -0.367 e. The van der Waals surface area contributed by atoms with Crippen molar-refractivity contribution < 1.29 is 18.0 Å². The Morgan fingerprint density at radius 2 is 1.93 bits per heavy atom. The maximum Gasteiger partial charge on any atom is 0.395 e. The fraction of sp³-hybridized carbons (Fsp3) is 0.500. The summed E-state index contributed by atoms with van der Waals surface area (Å²) in [6.07, 6.45) is 4.45. The van der Waals surface area contributed by atoms with Crippen LogP contribution in [-0.4, -0.2) is 34.6 Å². The molecule has 1 saturated heterocycles. The molecule has 1 fully saturated rings. The number of halogens is 3. The van der Waals surface area contributed by atoms with Gasteiger partial charge < -0.3 is 10.2 Å². The van der Waals surface area contributed by atoms with Crippen LogP contribution in [0.1, 0.15) is 43.5 Å². The van der Waals surface area contributed by atoms with Crippen molar-refractivity contribution in [3.8, 4) is 0 Å². The summed E-state index contributed by atoms with van der Waals surface area (Å²) in [7, 11) is 0. The molecule has 0 aromatic carbocycles. The maximum absolute atomic E-state index is 13.5. The molecule has 1 amide bonds. The van der Waals surface area contributed by atoms with Crippen molar-refractivity contribution in [2.75, 3.05) is 6.54 Å². The number of alkyl halides is 3. The van der Waals surface area contributed by atoms with Crippen LogP contribution in [0.4, 0.5) is 13.2 Å². The van der Waals surface area contributed by atoms with Crippen LogP contribution in [0.5, 0.6) is 0 Å². The maximum atomic E-state index is 13.5. The highest BCUT2D eigenvalue weighted by atomic mass is 19.4. The standard InChI is InChI=1S/C20H24F3N3O/c1-13-5-3-4-12-26(13)17-7-6-16(20(21,22)23)14(2)18(17)25-19(27)15-8-10-24-11-9-15/h6-11,13-14,16H,3-5,12H2,1-2H3,(H,25,27). The number of carbonyl (C=O) groups is 1. The predicted molar refractivity (Wildman–Crippen MR) is 96.6 cm³/mol. The first-order chi connectivity index (χ1) is 12.8. The zero-order valence-electron chi connectivity index (χ0n) is 15.5. The molecule has 3 unspecified atom stereocenters. The van der Waals surface area contributed by atoms with Crippen molar-refractivity contribution in [1.82, 2.24) is 15.2 Å². The Labute approximate surface area is 157 Å². The van der Waals surface area contributed by atoms with Crippen molar-refractivity contribution in [3.05, 3.63) is 53.6 Å². The zero-order chi connectivity index (χ0) is 19.6. The summed E-state index contributed by atoms with van der Waals surface area (Å²) in [5.74, 6) is -2.91. The molecular weight excluding hydrogens is 355 g/mol. The first-order valence-corrected chi connectivity index (χ1v) is 9.26. The molecule has 3 atom stereocenters. The van der Waals surface area contributed by atoms with Gasteiger partial charge in [0.25, 0.3) is 5.91 Å². The van der Waals surface area contributed by atoms with E-state index in [-0.39, 0.29) is 6.04 Å². The Bertz CT molecular complexity index is 743. The first kappa shape index (κ1) is 19.5. The van der Waals surface area contributed by atoms with Crippen LogP contribution in [0.25, 0.3) is 0 Å². The predicted octanol–water partition coefficient (Wildman–Crippen LogP) is 4.28. The monoisotopic (exact) mass is 379 g/mol. The smallest absolute Gasteiger partial charge is 0.367 e. The Morgan fingerprint density at radius 1 is 1.22 bits per heavy atom. The highest BCUT2D eigenvalue weighted by Crippen LogP contribution is 2.41. The van der Waals surface area contributed by atoms with Crippen molar-refractivity contribution >= 4 is 5.91 Å². The van der Waals surface area contributed by atoms with Gasteiger partial charge in [0.05, 0.1) is 11.6 Å². The van der Waals surface area contributed by atoms with E-state index in [0.717, 1.165) is 25.8 Å². The number of piperidine rings is 1. The van der Waals surface area contributed by atoms with E-state index in [2.05, 4.69) is 22.1 Å². The van der Waals surface area contributed by atoms with Gasteiger partial charge in [-0.05, 0) is 44.4 Å². The lowest BCUT2D eigenvalue weighted by atomic mass is 9.84. The SMILES string of the molecule is CC1C(NC(=O)c2ccncc2)=C(N2CCCCC2C)C=CC1C(F)(F)F. The summed E-state index contributed by atoms with van der Waals surface area (Å²) in [6.45, 7) is 4.38. The van der Waals surface area contributed by atoms with Crippen molar-refractivity contribution in [3.63, 3.8) is 0 Å². The molecule has 1 aliphatic heterocycles. The number of nitrogens with one attached hydrogen (secondary N) is 1. The summed E-state index contributed by atoms with van der Waals surface area (Å²) in [5, 5.41) is 2.77. The third kappa shape index (κ3) is 4.17. The Balaban J connectivity index is 1.96. The minimum atomic E-state index is -4.36. The first-order valence-electron chi connectivity index (χ1n) is 9.26. The molecule has 1 aromatic rings. The van der Waals surface area contributed by atoms with E-state index >= 15 is 0 Å². The number of nitrogens with zero attached hydrogens (tertiary/aromatic N) is 2. The number of allylic oxidation sites excluding steroid dienone is 3. The van der Waals surface area contributed by atoms with Crippen LogP contribution in [-0.2, 0) is 0 Å². The summed E-state index contributed by atoms with van der Waals surface area (Å²) in [6, 6.07) is 3.31. The summed E-state index contributed by atoms with van der Waals surface area (Å²) in [4.78, 5) is 18.6. The second-order valence-electron chi connectivity index (χ2n) is 7.24. The van der Waals surface area contributed by atoms with Crippen LogP contribution < -0.4 is 5.32 Å². The van der Waals surface area contributed by atoms with E-state index in [1.807, 2.05) is 0 Å². The molecule has 2 aliphatic rings. The van der Waals surface area contributed by atoms with E-state index in [1.165, 1.54) is 31.5 Å². The van der Waals surface area contributed by atoms with Crippen LogP contribution in [0.15, 0.2) is 48.1 Å². The fourth-order valence-corrected chi connectivity index (χ4v) is 3.84. The number of hydrogen-bond acceptors (Lipinski definition) is 3. The van der Waals surface area contributed by atoms with Crippen molar-refractivity contribution in [1.29, 1.82) is 0 Å². The van der Waals surface area contributed by atoms with E-state index < -0.39 is 23.9 Å². The zero-order valence-corrected chi connectivity index (χ0v) is 15.5. The van der Waals surface area contributed by atoms with Crippen LogP contribution in [0.2, 0.25) is 0 Å². The Hall–Kier alpha value is -2.31. The normalized spacial score (nSPS) is 26.3. The number of carbonyl (C=O) groups excluding carboxylic acids is 1. The summed E-state index contributed by atoms with van der Waals surface area (Å²) in [5.41, 5.74) is 1.40. The van der Waals surface area contributed by atoms with Gasteiger partial charge in [-0.1, -0.05) is 13.0 Å². The molecule has 0 spiro atoms. The molecule has 7 heteroatoms. The second kappa shape index (κ2) is 7.74. The molecular formula is C20H24F3N3O. The third-order valence-corrected chi connectivity index (χ3v) is 5.41. The number of likely N-dealkylation sites (tertiary alicyclic amines) is 1. The number of rotatable bonds is 3. The van der Waals surface area contributed by atoms with Gasteiger partial charge in [-0.15, -0.1) is 0 Å². The van der Waals surface area contributed by atoms with Crippen molar-refractivity contribution in [2.45, 2.75) is 45.3 Å². The quantitative estimate of drug-likeness (QED) is 0.853. The molecule has 3 rings (SSSR count). The average molecular weight is 379 g/mol. The van der Waals surface area contributed by atoms with Gasteiger partial charge in [-0.2, -0.15) is 13.2 Å². The van der Waals surface area contributed by atoms with E-state index in [9.17, 15) is 18.0 Å². The van der Waals surface area contributed by atoms with Crippen LogP contribution in [0.3, 0.4) is 0 Å². The summed E-state index contributed by atoms with van der Waals surface area (Å²) >= 11 is 0. The lowest BCUT2D eigenvalue weighted by Crippen LogP contribution is -2.43. The molecule has 0 radical (unpaired) electrons. The van der Waals surface area contributed by atoms with Gasteiger partial charge in [0.1, 0.15) is 0 Å².